The summed E-state index contributed by atoms with van der Waals surface area (Å²) >= 11 is 0. The van der Waals surface area contributed by atoms with Gasteiger partial charge in [-0.15, -0.1) is 0 Å². The van der Waals surface area contributed by atoms with Crippen LogP contribution in [0.1, 0.15) is 18.4 Å². The van der Waals surface area contributed by atoms with Gasteiger partial charge in [-0.3, -0.25) is 4.79 Å². The largest absolute Gasteiger partial charge is 0.481 e. The van der Waals surface area contributed by atoms with Crippen LogP contribution in [0.15, 0.2) is 18.2 Å². The SMILES string of the molecule is Cc1cccc(N)c1OCC(=O)N1CCCC1. The van der Waals surface area contributed by atoms with Gasteiger partial charge in [0, 0.05) is 13.1 Å². The van der Waals surface area contributed by atoms with E-state index in [1.54, 1.807) is 6.07 Å². The van der Waals surface area contributed by atoms with Crippen molar-refractivity contribution in [2.75, 3.05) is 25.4 Å². The maximum Gasteiger partial charge on any atom is 0.260 e. The number of hydrogen-bond acceptors (Lipinski definition) is 3. The minimum atomic E-state index is 0.0464. The van der Waals surface area contributed by atoms with E-state index in [0.717, 1.165) is 31.5 Å². The first-order valence-electron chi connectivity index (χ1n) is 5.94. The van der Waals surface area contributed by atoms with E-state index in [4.69, 9.17) is 10.5 Å². The van der Waals surface area contributed by atoms with E-state index < -0.39 is 0 Å². The van der Waals surface area contributed by atoms with E-state index in [1.807, 2.05) is 24.0 Å². The molecular weight excluding hydrogens is 216 g/mol. The Morgan fingerprint density at radius 1 is 1.41 bits per heavy atom. The molecule has 1 aromatic rings. The maximum absolute atomic E-state index is 11.8. The Bertz CT molecular complexity index is 392. The standard InChI is InChI=1S/C13H18N2O2/c1-10-5-4-6-11(14)13(10)17-9-12(16)15-7-2-3-8-15/h4-6H,2-3,7-9,14H2,1H3. The smallest absolute Gasteiger partial charge is 0.260 e. The first-order valence-corrected chi connectivity index (χ1v) is 5.94. The monoisotopic (exact) mass is 234 g/mol. The molecule has 1 fully saturated rings. The van der Waals surface area contributed by atoms with Gasteiger partial charge in [0.05, 0.1) is 5.69 Å². The van der Waals surface area contributed by atoms with Gasteiger partial charge in [0.15, 0.2) is 6.61 Å². The highest BCUT2D eigenvalue weighted by atomic mass is 16.5. The number of amides is 1. The van der Waals surface area contributed by atoms with Gasteiger partial charge in [0.25, 0.3) is 5.91 Å². The summed E-state index contributed by atoms with van der Waals surface area (Å²) in [6.07, 6.45) is 2.19. The predicted molar refractivity (Wildman–Crippen MR) is 66.9 cm³/mol. The molecule has 2 N–H and O–H groups in total. The zero-order valence-corrected chi connectivity index (χ0v) is 10.1. The molecule has 0 atom stereocenters. The number of rotatable bonds is 3. The highest BCUT2D eigenvalue weighted by Crippen LogP contribution is 2.25. The quantitative estimate of drug-likeness (QED) is 0.808. The highest BCUT2D eigenvalue weighted by molar-refractivity contribution is 5.78. The van der Waals surface area contributed by atoms with E-state index in [1.165, 1.54) is 0 Å². The molecule has 1 aromatic carbocycles. The molecule has 17 heavy (non-hydrogen) atoms. The number of ether oxygens (including phenoxy) is 1. The van der Waals surface area contributed by atoms with Gasteiger partial charge >= 0.3 is 0 Å². The van der Waals surface area contributed by atoms with Crippen LogP contribution in [-0.2, 0) is 4.79 Å². The van der Waals surface area contributed by atoms with Crippen LogP contribution in [-0.4, -0.2) is 30.5 Å². The fraction of sp³-hybridized carbons (Fsp3) is 0.462. The molecule has 0 spiro atoms. The molecule has 4 nitrogen and oxygen atoms in total. The lowest BCUT2D eigenvalue weighted by Crippen LogP contribution is -2.32. The summed E-state index contributed by atoms with van der Waals surface area (Å²) in [5.41, 5.74) is 7.35. The lowest BCUT2D eigenvalue weighted by Gasteiger charge is -2.17. The minimum absolute atomic E-state index is 0.0464. The number of nitrogens with two attached hydrogens (primary N) is 1. The van der Waals surface area contributed by atoms with Crippen molar-refractivity contribution in [1.82, 2.24) is 4.90 Å². The summed E-state index contributed by atoms with van der Waals surface area (Å²) in [5, 5.41) is 0. The summed E-state index contributed by atoms with van der Waals surface area (Å²) in [6.45, 7) is 3.71. The van der Waals surface area contributed by atoms with E-state index in [0.29, 0.717) is 11.4 Å². The van der Waals surface area contributed by atoms with Crippen LogP contribution in [0, 0.1) is 6.92 Å². The minimum Gasteiger partial charge on any atom is -0.481 e. The molecular formula is C13H18N2O2. The third kappa shape index (κ3) is 2.70. The predicted octanol–water partition coefficient (Wildman–Crippen LogP) is 1.58. The normalized spacial score (nSPS) is 15.0. The summed E-state index contributed by atoms with van der Waals surface area (Å²) in [5.74, 6) is 0.671. The van der Waals surface area contributed by atoms with Crippen LogP contribution in [0.25, 0.3) is 0 Å². The second-order valence-corrected chi connectivity index (χ2v) is 4.37. The van der Waals surface area contributed by atoms with Gasteiger partial charge in [-0.2, -0.15) is 0 Å². The molecule has 0 aliphatic carbocycles. The Morgan fingerprint density at radius 3 is 2.76 bits per heavy atom. The molecule has 1 aliphatic rings. The first-order chi connectivity index (χ1) is 8.18. The van der Waals surface area contributed by atoms with Crippen molar-refractivity contribution >= 4 is 11.6 Å². The van der Waals surface area contributed by atoms with Crippen LogP contribution >= 0.6 is 0 Å². The van der Waals surface area contributed by atoms with Crippen LogP contribution < -0.4 is 10.5 Å². The Morgan fingerprint density at radius 2 is 2.12 bits per heavy atom. The highest BCUT2D eigenvalue weighted by Gasteiger charge is 2.18. The van der Waals surface area contributed by atoms with Crippen molar-refractivity contribution in [2.24, 2.45) is 0 Å². The summed E-state index contributed by atoms with van der Waals surface area (Å²) in [7, 11) is 0. The number of nitrogens with zero attached hydrogens (tertiary/aromatic N) is 1. The Kier molecular flexibility index (Phi) is 3.52. The fourth-order valence-electron chi connectivity index (χ4n) is 2.06. The number of aryl methyl sites for hydroxylation is 1. The lowest BCUT2D eigenvalue weighted by molar-refractivity contribution is -0.132. The van der Waals surface area contributed by atoms with Gasteiger partial charge in [0.1, 0.15) is 5.75 Å². The Labute approximate surface area is 101 Å². The molecule has 0 unspecified atom stereocenters. The number of nitrogen functional groups attached to an aromatic ring is 1. The van der Waals surface area contributed by atoms with Crippen molar-refractivity contribution in [2.45, 2.75) is 19.8 Å². The molecule has 1 aliphatic heterocycles. The molecule has 1 saturated heterocycles. The molecule has 0 bridgehead atoms. The third-order valence-corrected chi connectivity index (χ3v) is 3.04. The zero-order valence-electron chi connectivity index (χ0n) is 10.1. The van der Waals surface area contributed by atoms with Crippen molar-refractivity contribution in [3.8, 4) is 5.75 Å². The van der Waals surface area contributed by atoms with Gasteiger partial charge < -0.3 is 15.4 Å². The maximum atomic E-state index is 11.8. The molecule has 0 saturated carbocycles. The topological polar surface area (TPSA) is 55.6 Å². The van der Waals surface area contributed by atoms with E-state index in [9.17, 15) is 4.79 Å². The molecule has 4 heteroatoms. The Hall–Kier alpha value is -1.71. The van der Waals surface area contributed by atoms with Gasteiger partial charge in [0.2, 0.25) is 0 Å². The summed E-state index contributed by atoms with van der Waals surface area (Å²) in [4.78, 5) is 13.6. The zero-order chi connectivity index (χ0) is 12.3. The summed E-state index contributed by atoms with van der Waals surface area (Å²) in [6, 6.07) is 5.58. The van der Waals surface area contributed by atoms with E-state index in [2.05, 4.69) is 0 Å². The average Bonchev–Trinajstić information content (AvgIpc) is 2.81. The van der Waals surface area contributed by atoms with Gasteiger partial charge in [-0.25, -0.2) is 0 Å². The first kappa shape index (κ1) is 11.8. The van der Waals surface area contributed by atoms with Crippen LogP contribution in [0.4, 0.5) is 5.69 Å². The number of likely N-dealkylation sites (tertiary alicyclic amines) is 1. The fourth-order valence-corrected chi connectivity index (χ4v) is 2.06. The lowest BCUT2D eigenvalue weighted by atomic mass is 10.2. The van der Waals surface area contributed by atoms with Gasteiger partial charge in [-0.1, -0.05) is 12.1 Å². The average molecular weight is 234 g/mol. The van der Waals surface area contributed by atoms with Crippen molar-refractivity contribution in [3.63, 3.8) is 0 Å². The van der Waals surface area contributed by atoms with Crippen molar-refractivity contribution in [1.29, 1.82) is 0 Å². The molecule has 92 valence electrons. The van der Waals surface area contributed by atoms with Crippen LogP contribution in [0.5, 0.6) is 5.75 Å². The summed E-state index contributed by atoms with van der Waals surface area (Å²) < 4.78 is 5.53. The second-order valence-electron chi connectivity index (χ2n) is 4.37. The number of para-hydroxylation sites is 1. The number of hydrogen-bond donors (Lipinski definition) is 1. The third-order valence-electron chi connectivity index (χ3n) is 3.04. The molecule has 0 radical (unpaired) electrons. The van der Waals surface area contributed by atoms with Crippen LogP contribution in [0.3, 0.4) is 0 Å². The van der Waals surface area contributed by atoms with Crippen LogP contribution in [0.2, 0.25) is 0 Å². The molecule has 0 aromatic heterocycles. The number of carbonyl (C=O) groups excluding carboxylic acids is 1. The number of carbonyl (C=O) groups is 1. The second kappa shape index (κ2) is 5.08. The van der Waals surface area contributed by atoms with E-state index in [-0.39, 0.29) is 12.5 Å². The van der Waals surface area contributed by atoms with Crippen molar-refractivity contribution in [3.05, 3.63) is 23.8 Å². The number of benzene rings is 1. The molecule has 2 rings (SSSR count). The van der Waals surface area contributed by atoms with Crippen molar-refractivity contribution < 1.29 is 9.53 Å². The molecule has 1 heterocycles. The number of anilines is 1. The Balaban J connectivity index is 1.95. The van der Waals surface area contributed by atoms with Gasteiger partial charge in [-0.05, 0) is 31.4 Å². The molecule has 1 amide bonds. The van der Waals surface area contributed by atoms with E-state index >= 15 is 0 Å².